The summed E-state index contributed by atoms with van der Waals surface area (Å²) in [7, 11) is 1.83. The van der Waals surface area contributed by atoms with Gasteiger partial charge >= 0.3 is 0 Å². The Hall–Kier alpha value is -0.380. The lowest BCUT2D eigenvalue weighted by Gasteiger charge is -2.38. The molecule has 2 aliphatic heterocycles. The molecule has 0 aromatic carbocycles. The van der Waals surface area contributed by atoms with E-state index in [2.05, 4.69) is 26.8 Å². The Morgan fingerprint density at radius 2 is 2.16 bits per heavy atom. The standard InChI is InChI=1S/C16H26O3/c1-11(2)7-8-13-15(3,19-13)14-12(17-4)6-5-9-16(14)10-18-16/h7,12-14H,5-6,8-10H2,1-4H3/t12-,13+,14+,15-,16-/m0/s1. The first kappa shape index (κ1) is 13.6. The van der Waals surface area contributed by atoms with Crippen molar-refractivity contribution in [3.05, 3.63) is 11.6 Å². The molecule has 2 saturated heterocycles. The SMILES string of the molecule is CO[C@H]1CCC[C@]2(CO2)[C@H]1[C@@]1(C)O[C@@H]1CC=C(C)C. The highest BCUT2D eigenvalue weighted by Crippen LogP contribution is 2.59. The molecule has 0 N–H and O–H groups in total. The summed E-state index contributed by atoms with van der Waals surface area (Å²) in [5.41, 5.74) is 1.37. The summed E-state index contributed by atoms with van der Waals surface area (Å²) < 4.78 is 17.7. The second-order valence-corrected chi connectivity index (χ2v) is 6.81. The van der Waals surface area contributed by atoms with Crippen molar-refractivity contribution in [3.63, 3.8) is 0 Å². The third-order valence-electron chi connectivity index (χ3n) is 5.18. The van der Waals surface area contributed by atoms with E-state index in [0.29, 0.717) is 12.0 Å². The molecule has 2 heterocycles. The average Bonchev–Trinajstić information content (AvgIpc) is 3.26. The lowest BCUT2D eigenvalue weighted by molar-refractivity contribution is -0.0492. The highest BCUT2D eigenvalue weighted by molar-refractivity contribution is 5.19. The van der Waals surface area contributed by atoms with Gasteiger partial charge in [-0.3, -0.25) is 0 Å². The quantitative estimate of drug-likeness (QED) is 0.579. The third-order valence-corrected chi connectivity index (χ3v) is 5.18. The van der Waals surface area contributed by atoms with Gasteiger partial charge in [0.05, 0.1) is 24.4 Å². The molecule has 108 valence electrons. The van der Waals surface area contributed by atoms with Crippen molar-refractivity contribution in [1.29, 1.82) is 0 Å². The normalized spacial score (nSPS) is 48.1. The van der Waals surface area contributed by atoms with Crippen LogP contribution in [-0.2, 0) is 14.2 Å². The molecule has 1 saturated carbocycles. The van der Waals surface area contributed by atoms with E-state index in [1.54, 1.807) is 0 Å². The van der Waals surface area contributed by atoms with Crippen molar-refractivity contribution in [1.82, 2.24) is 0 Å². The smallest absolute Gasteiger partial charge is 0.100 e. The molecule has 19 heavy (non-hydrogen) atoms. The molecule has 3 rings (SSSR count). The van der Waals surface area contributed by atoms with Crippen LogP contribution in [0.1, 0.15) is 46.5 Å². The summed E-state index contributed by atoms with van der Waals surface area (Å²) in [5.74, 6) is 0.398. The van der Waals surface area contributed by atoms with Gasteiger partial charge in [0.2, 0.25) is 0 Å². The minimum absolute atomic E-state index is 0.0520. The molecule has 0 aromatic rings. The Morgan fingerprint density at radius 1 is 1.42 bits per heavy atom. The lowest BCUT2D eigenvalue weighted by Crippen LogP contribution is -2.48. The minimum Gasteiger partial charge on any atom is -0.381 e. The van der Waals surface area contributed by atoms with Gasteiger partial charge in [0.25, 0.3) is 0 Å². The topological polar surface area (TPSA) is 34.3 Å². The molecule has 3 aliphatic rings. The Kier molecular flexibility index (Phi) is 3.27. The molecule has 5 atom stereocenters. The fraction of sp³-hybridized carbons (Fsp3) is 0.875. The highest BCUT2D eigenvalue weighted by atomic mass is 16.6. The molecule has 0 amide bonds. The van der Waals surface area contributed by atoms with E-state index >= 15 is 0 Å². The first-order valence-corrected chi connectivity index (χ1v) is 7.50. The van der Waals surface area contributed by atoms with Crippen LogP contribution in [0, 0.1) is 5.92 Å². The van der Waals surface area contributed by atoms with Crippen LogP contribution in [-0.4, -0.2) is 37.1 Å². The summed E-state index contributed by atoms with van der Waals surface area (Å²) >= 11 is 0. The van der Waals surface area contributed by atoms with Crippen molar-refractivity contribution in [2.75, 3.05) is 13.7 Å². The van der Waals surface area contributed by atoms with E-state index in [-0.39, 0.29) is 17.3 Å². The minimum atomic E-state index is -0.0520. The van der Waals surface area contributed by atoms with Crippen LogP contribution >= 0.6 is 0 Å². The van der Waals surface area contributed by atoms with Crippen LogP contribution in [0.4, 0.5) is 0 Å². The fourth-order valence-electron chi connectivity index (χ4n) is 4.00. The van der Waals surface area contributed by atoms with Crippen molar-refractivity contribution in [2.45, 2.75) is 69.9 Å². The number of allylic oxidation sites excluding steroid dienone is 1. The molecule has 0 bridgehead atoms. The van der Waals surface area contributed by atoms with Gasteiger partial charge in [-0.2, -0.15) is 0 Å². The number of hydrogen-bond acceptors (Lipinski definition) is 3. The van der Waals surface area contributed by atoms with E-state index in [1.807, 2.05) is 7.11 Å². The first-order valence-electron chi connectivity index (χ1n) is 7.50. The van der Waals surface area contributed by atoms with Gasteiger partial charge in [-0.15, -0.1) is 0 Å². The predicted octanol–water partition coefficient (Wildman–Crippen LogP) is 3.08. The summed E-state index contributed by atoms with van der Waals surface area (Å²) in [4.78, 5) is 0. The maximum Gasteiger partial charge on any atom is 0.100 e. The maximum absolute atomic E-state index is 6.10. The Bertz CT molecular complexity index is 381. The molecule has 3 heteroatoms. The van der Waals surface area contributed by atoms with Crippen LogP contribution in [0.15, 0.2) is 11.6 Å². The molecule has 1 aliphatic carbocycles. The van der Waals surface area contributed by atoms with Crippen LogP contribution in [0.5, 0.6) is 0 Å². The molecule has 0 aromatic heterocycles. The van der Waals surface area contributed by atoms with Gasteiger partial charge in [-0.1, -0.05) is 11.6 Å². The van der Waals surface area contributed by atoms with Crippen LogP contribution in [0.2, 0.25) is 0 Å². The molecule has 3 nitrogen and oxygen atoms in total. The maximum atomic E-state index is 6.10. The van der Waals surface area contributed by atoms with E-state index in [0.717, 1.165) is 19.4 Å². The van der Waals surface area contributed by atoms with Gasteiger partial charge in [-0.25, -0.2) is 0 Å². The van der Waals surface area contributed by atoms with E-state index in [4.69, 9.17) is 14.2 Å². The molecule has 3 fully saturated rings. The number of epoxide rings is 2. The second-order valence-electron chi connectivity index (χ2n) is 6.81. The third kappa shape index (κ3) is 2.26. The number of ether oxygens (including phenoxy) is 3. The van der Waals surface area contributed by atoms with Crippen molar-refractivity contribution >= 4 is 0 Å². The number of hydrogen-bond donors (Lipinski definition) is 0. The molecule has 0 radical (unpaired) electrons. The number of rotatable bonds is 4. The Labute approximate surface area is 116 Å². The lowest BCUT2D eigenvalue weighted by atomic mass is 9.69. The molecular formula is C16H26O3. The molecule has 0 unspecified atom stereocenters. The van der Waals surface area contributed by atoms with E-state index in [9.17, 15) is 0 Å². The van der Waals surface area contributed by atoms with Gasteiger partial charge in [-0.05, 0) is 46.5 Å². The zero-order valence-corrected chi connectivity index (χ0v) is 12.6. The van der Waals surface area contributed by atoms with Gasteiger partial charge in [0.15, 0.2) is 0 Å². The van der Waals surface area contributed by atoms with E-state index < -0.39 is 0 Å². The summed E-state index contributed by atoms with van der Waals surface area (Å²) in [5, 5.41) is 0. The van der Waals surface area contributed by atoms with Crippen molar-refractivity contribution < 1.29 is 14.2 Å². The molecular weight excluding hydrogens is 240 g/mol. The fourth-order valence-corrected chi connectivity index (χ4v) is 4.00. The second kappa shape index (κ2) is 4.57. The largest absolute Gasteiger partial charge is 0.381 e. The molecule has 1 spiro atoms. The van der Waals surface area contributed by atoms with Gasteiger partial charge < -0.3 is 14.2 Å². The van der Waals surface area contributed by atoms with Crippen LogP contribution in [0.25, 0.3) is 0 Å². The van der Waals surface area contributed by atoms with Gasteiger partial charge in [0, 0.05) is 13.0 Å². The first-order chi connectivity index (χ1) is 9.02. The summed E-state index contributed by atoms with van der Waals surface area (Å²) in [6.07, 6.45) is 7.45. The zero-order chi connectivity index (χ0) is 13.7. The van der Waals surface area contributed by atoms with Crippen LogP contribution in [0.3, 0.4) is 0 Å². The van der Waals surface area contributed by atoms with Gasteiger partial charge in [0.1, 0.15) is 5.60 Å². The monoisotopic (exact) mass is 266 g/mol. The van der Waals surface area contributed by atoms with E-state index in [1.165, 1.54) is 18.4 Å². The predicted molar refractivity (Wildman–Crippen MR) is 74.1 cm³/mol. The summed E-state index contributed by atoms with van der Waals surface area (Å²) in [6, 6.07) is 0. The Morgan fingerprint density at radius 3 is 2.74 bits per heavy atom. The highest BCUT2D eigenvalue weighted by Gasteiger charge is 2.70. The van der Waals surface area contributed by atoms with Crippen LogP contribution < -0.4 is 0 Å². The Balaban J connectivity index is 1.74. The van der Waals surface area contributed by atoms with Crippen molar-refractivity contribution in [3.8, 4) is 0 Å². The zero-order valence-electron chi connectivity index (χ0n) is 12.6. The van der Waals surface area contributed by atoms with Crippen molar-refractivity contribution in [2.24, 2.45) is 5.92 Å². The summed E-state index contributed by atoms with van der Waals surface area (Å²) in [6.45, 7) is 7.43. The number of methoxy groups -OCH3 is 1. The average molecular weight is 266 g/mol.